The molecular formula is C17H43NO. The number of rotatable bonds is 4. The van der Waals surface area contributed by atoms with Gasteiger partial charge in [-0.1, -0.05) is 68.7 Å². The van der Waals surface area contributed by atoms with Gasteiger partial charge in [-0.05, 0) is 26.9 Å². The fourth-order valence-electron chi connectivity index (χ4n) is 1.28. The van der Waals surface area contributed by atoms with Crippen molar-refractivity contribution >= 4 is 0 Å². The van der Waals surface area contributed by atoms with E-state index in [1.807, 2.05) is 55.4 Å². The van der Waals surface area contributed by atoms with Gasteiger partial charge in [0.1, 0.15) is 0 Å². The highest BCUT2D eigenvalue weighted by molar-refractivity contribution is 4.90. The summed E-state index contributed by atoms with van der Waals surface area (Å²) in [7, 11) is 2.19. The van der Waals surface area contributed by atoms with Crippen LogP contribution in [-0.4, -0.2) is 37.2 Å². The quantitative estimate of drug-likeness (QED) is 0.662. The van der Waals surface area contributed by atoms with Crippen LogP contribution in [0.25, 0.3) is 0 Å². The average Bonchev–Trinajstić information content (AvgIpc) is 2.50. The van der Waals surface area contributed by atoms with Gasteiger partial charge in [-0.2, -0.15) is 0 Å². The molecule has 0 atom stereocenters. The molecule has 1 aliphatic heterocycles. The molecule has 1 rings (SSSR count). The molecule has 0 aliphatic carbocycles. The summed E-state index contributed by atoms with van der Waals surface area (Å²) in [6, 6.07) is 0. The Kier molecular flexibility index (Phi) is 33.1. The Morgan fingerprint density at radius 2 is 1.26 bits per heavy atom. The van der Waals surface area contributed by atoms with E-state index in [1.54, 1.807) is 0 Å². The van der Waals surface area contributed by atoms with Crippen LogP contribution in [0.4, 0.5) is 0 Å². The van der Waals surface area contributed by atoms with Crippen LogP contribution in [0.1, 0.15) is 82.1 Å². The average molecular weight is 278 g/mol. The van der Waals surface area contributed by atoms with Crippen LogP contribution in [-0.2, 0) is 4.74 Å². The second kappa shape index (κ2) is 23.0. The molecule has 0 aromatic rings. The van der Waals surface area contributed by atoms with Crippen molar-refractivity contribution in [2.75, 3.05) is 26.8 Å². The van der Waals surface area contributed by atoms with Crippen LogP contribution in [0.15, 0.2) is 0 Å². The first-order valence-electron chi connectivity index (χ1n) is 8.48. The maximum absolute atomic E-state index is 5.20. The van der Waals surface area contributed by atoms with E-state index in [0.717, 1.165) is 13.2 Å². The Morgan fingerprint density at radius 1 is 0.895 bits per heavy atom. The van der Waals surface area contributed by atoms with Gasteiger partial charge in [0.05, 0.1) is 18.8 Å². The molecular weight excluding hydrogens is 234 g/mol. The van der Waals surface area contributed by atoms with Crippen LogP contribution in [0.5, 0.6) is 0 Å². The van der Waals surface area contributed by atoms with E-state index in [9.17, 15) is 0 Å². The molecule has 19 heavy (non-hydrogen) atoms. The predicted molar refractivity (Wildman–Crippen MR) is 92.2 cm³/mol. The monoisotopic (exact) mass is 277 g/mol. The van der Waals surface area contributed by atoms with E-state index >= 15 is 0 Å². The first-order chi connectivity index (χ1) is 9.19. The summed E-state index contributed by atoms with van der Waals surface area (Å²) < 4.78 is 5.20. The summed E-state index contributed by atoms with van der Waals surface area (Å²) in [5, 5.41) is 0. The lowest BCUT2D eigenvalue weighted by Gasteiger charge is -2.45. The highest BCUT2D eigenvalue weighted by Gasteiger charge is 2.36. The minimum absolute atomic E-state index is 0.342. The number of unbranched alkanes of at least 4 members (excludes halogenated alkanes) is 1. The van der Waals surface area contributed by atoms with Crippen molar-refractivity contribution in [3.63, 3.8) is 0 Å². The van der Waals surface area contributed by atoms with E-state index in [4.69, 9.17) is 4.74 Å². The Hall–Kier alpha value is -0.0800. The topological polar surface area (TPSA) is 12.5 Å². The molecule has 1 fully saturated rings. The van der Waals surface area contributed by atoms with Crippen molar-refractivity contribution in [3.8, 4) is 0 Å². The molecule has 1 heterocycles. The molecule has 0 aromatic carbocycles. The van der Waals surface area contributed by atoms with Gasteiger partial charge in [0.15, 0.2) is 0 Å². The van der Waals surface area contributed by atoms with Gasteiger partial charge >= 0.3 is 0 Å². The Bertz CT molecular complexity index is 122. The van der Waals surface area contributed by atoms with Crippen LogP contribution >= 0.6 is 0 Å². The van der Waals surface area contributed by atoms with E-state index < -0.39 is 0 Å². The molecule has 2 nitrogen and oxygen atoms in total. The van der Waals surface area contributed by atoms with Crippen molar-refractivity contribution in [3.05, 3.63) is 0 Å². The van der Waals surface area contributed by atoms with Gasteiger partial charge < -0.3 is 4.74 Å². The van der Waals surface area contributed by atoms with E-state index in [1.165, 1.54) is 19.4 Å². The lowest BCUT2D eigenvalue weighted by Crippen LogP contribution is -2.58. The molecule has 0 bridgehead atoms. The number of nitrogens with zero attached hydrogens (tertiary/aromatic N) is 1. The first-order valence-corrected chi connectivity index (χ1v) is 8.48. The van der Waals surface area contributed by atoms with Gasteiger partial charge in [-0.25, -0.2) is 0 Å². The highest BCUT2D eigenvalue weighted by Crippen LogP contribution is 2.22. The number of likely N-dealkylation sites (N-methyl/N-ethyl adjacent to an activating group) is 1. The third-order valence-corrected chi connectivity index (χ3v) is 2.59. The summed E-state index contributed by atoms with van der Waals surface area (Å²) in [6.07, 6.45) is 2.58. The number of hydrogen-bond donors (Lipinski definition) is 0. The summed E-state index contributed by atoms with van der Waals surface area (Å²) in [5.74, 6) is 0. The van der Waals surface area contributed by atoms with E-state index in [2.05, 4.69) is 25.8 Å². The largest absolute Gasteiger partial charge is 0.377 e. The Morgan fingerprint density at radius 3 is 1.47 bits per heavy atom. The normalized spacial score (nSPS) is 13.9. The maximum atomic E-state index is 5.20. The second-order valence-electron chi connectivity index (χ2n) is 3.76. The van der Waals surface area contributed by atoms with Gasteiger partial charge in [0.25, 0.3) is 0 Å². The summed E-state index contributed by atoms with van der Waals surface area (Å²) in [4.78, 5) is 2.42. The van der Waals surface area contributed by atoms with Crippen LogP contribution in [0.3, 0.4) is 0 Å². The fraction of sp³-hybridized carbons (Fsp3) is 1.00. The minimum Gasteiger partial charge on any atom is -0.377 e. The lowest BCUT2D eigenvalue weighted by molar-refractivity contribution is -0.122. The zero-order valence-corrected chi connectivity index (χ0v) is 15.9. The van der Waals surface area contributed by atoms with Crippen LogP contribution in [0.2, 0.25) is 0 Å². The molecule has 0 amide bonds. The van der Waals surface area contributed by atoms with E-state index in [0.29, 0.717) is 5.54 Å². The molecule has 2 heteroatoms. The zero-order chi connectivity index (χ0) is 16.3. The Labute approximate surface area is 124 Å². The van der Waals surface area contributed by atoms with E-state index in [-0.39, 0.29) is 0 Å². The third-order valence-electron chi connectivity index (χ3n) is 2.59. The standard InChI is InChI=1S/C9H19NO.4C2H6/c1-4-5-6-10(3)9(2)7-11-8-9;4*1-2/h4-8H2,1-3H3;4*1-2H3. The van der Waals surface area contributed by atoms with Gasteiger partial charge in [-0.3, -0.25) is 4.90 Å². The van der Waals surface area contributed by atoms with Gasteiger partial charge in [0, 0.05) is 0 Å². The van der Waals surface area contributed by atoms with Gasteiger partial charge in [0.2, 0.25) is 0 Å². The summed E-state index contributed by atoms with van der Waals surface area (Å²) in [6.45, 7) is 23.5. The highest BCUT2D eigenvalue weighted by atomic mass is 16.5. The molecule has 122 valence electrons. The van der Waals surface area contributed by atoms with Crippen LogP contribution in [0, 0.1) is 0 Å². The minimum atomic E-state index is 0.342. The fourth-order valence-corrected chi connectivity index (χ4v) is 1.28. The first kappa shape index (κ1) is 27.3. The Balaban J connectivity index is -0.000000121. The molecule has 0 spiro atoms. The van der Waals surface area contributed by atoms with Crippen LogP contribution < -0.4 is 0 Å². The van der Waals surface area contributed by atoms with Crippen molar-refractivity contribution in [2.24, 2.45) is 0 Å². The van der Waals surface area contributed by atoms with Crippen molar-refractivity contribution in [1.82, 2.24) is 4.90 Å². The third kappa shape index (κ3) is 14.1. The summed E-state index contributed by atoms with van der Waals surface area (Å²) >= 11 is 0. The molecule has 1 aliphatic rings. The molecule has 0 N–H and O–H groups in total. The molecule has 1 saturated heterocycles. The van der Waals surface area contributed by atoms with Gasteiger partial charge in [-0.15, -0.1) is 0 Å². The molecule has 0 radical (unpaired) electrons. The van der Waals surface area contributed by atoms with Crippen molar-refractivity contribution in [2.45, 2.75) is 87.6 Å². The number of ether oxygens (including phenoxy) is 1. The summed E-state index contributed by atoms with van der Waals surface area (Å²) in [5.41, 5.74) is 0.342. The molecule has 0 unspecified atom stereocenters. The smallest absolute Gasteiger partial charge is 0.0671 e. The zero-order valence-electron chi connectivity index (χ0n) is 15.9. The molecule has 0 saturated carbocycles. The predicted octanol–water partition coefficient (Wildman–Crippen LogP) is 5.61. The van der Waals surface area contributed by atoms with Crippen molar-refractivity contribution < 1.29 is 4.74 Å². The SMILES string of the molecule is CC.CC.CC.CC.CCCCN(C)C1(C)COC1. The maximum Gasteiger partial charge on any atom is 0.0671 e. The number of hydrogen-bond acceptors (Lipinski definition) is 2. The molecule has 0 aromatic heterocycles. The van der Waals surface area contributed by atoms with Crippen molar-refractivity contribution in [1.29, 1.82) is 0 Å². The second-order valence-corrected chi connectivity index (χ2v) is 3.76. The lowest BCUT2D eigenvalue weighted by atomic mass is 9.98.